The molecule has 1 saturated carbocycles. The summed E-state index contributed by atoms with van der Waals surface area (Å²) in [5.74, 6) is -0.154. The van der Waals surface area contributed by atoms with Gasteiger partial charge >= 0.3 is 0 Å². The number of hydrogen-bond donors (Lipinski definition) is 3. The van der Waals surface area contributed by atoms with E-state index in [0.717, 1.165) is 34.1 Å². The number of piperazine rings is 1. The number of aliphatic hydroxyl groups is 2. The SMILES string of the molecule is O=C(N1CCN(C(O)c2ccc(-c3[nH]nc4ccccc34)cc2)CC1)C1(O)CCC1. The second-order valence-corrected chi connectivity index (χ2v) is 8.32. The fourth-order valence-corrected chi connectivity index (χ4v) is 4.40. The number of fused-ring (bicyclic) bond motifs is 1. The number of aliphatic hydroxyl groups excluding tert-OH is 1. The summed E-state index contributed by atoms with van der Waals surface area (Å²) in [6, 6.07) is 15.8. The van der Waals surface area contributed by atoms with Crippen LogP contribution in [0.15, 0.2) is 48.5 Å². The molecule has 1 aliphatic heterocycles. The first-order valence-electron chi connectivity index (χ1n) is 10.5. The van der Waals surface area contributed by atoms with Gasteiger partial charge in [-0.25, -0.2) is 0 Å². The van der Waals surface area contributed by atoms with Crippen molar-refractivity contribution in [1.29, 1.82) is 0 Å². The lowest BCUT2D eigenvalue weighted by Crippen LogP contribution is -2.58. The van der Waals surface area contributed by atoms with Crippen molar-refractivity contribution in [2.24, 2.45) is 0 Å². The Kier molecular flexibility index (Phi) is 4.81. The Morgan fingerprint density at radius 1 is 1.03 bits per heavy atom. The fourth-order valence-electron chi connectivity index (χ4n) is 4.40. The molecule has 3 N–H and O–H groups in total. The summed E-state index contributed by atoms with van der Waals surface area (Å²) >= 11 is 0. The number of H-pyrrole nitrogens is 1. The zero-order valence-electron chi connectivity index (χ0n) is 16.8. The molecular weight excluding hydrogens is 380 g/mol. The molecule has 7 nitrogen and oxygen atoms in total. The molecule has 1 aromatic heterocycles. The maximum atomic E-state index is 12.5. The largest absolute Gasteiger partial charge is 0.380 e. The molecule has 0 radical (unpaired) electrons. The van der Waals surface area contributed by atoms with Crippen LogP contribution in [-0.4, -0.2) is 67.9 Å². The highest BCUT2D eigenvalue weighted by Crippen LogP contribution is 2.34. The molecule has 2 fully saturated rings. The normalized spacial score (nSPS) is 20.1. The van der Waals surface area contributed by atoms with E-state index in [1.54, 1.807) is 4.90 Å². The van der Waals surface area contributed by atoms with Gasteiger partial charge in [-0.3, -0.25) is 14.8 Å². The van der Waals surface area contributed by atoms with Crippen LogP contribution in [0, 0.1) is 0 Å². The van der Waals surface area contributed by atoms with E-state index in [1.165, 1.54) is 0 Å². The number of para-hydroxylation sites is 1. The number of hydrogen-bond acceptors (Lipinski definition) is 5. The zero-order valence-corrected chi connectivity index (χ0v) is 16.8. The first kappa shape index (κ1) is 19.2. The van der Waals surface area contributed by atoms with Gasteiger partial charge in [0.25, 0.3) is 5.91 Å². The topological polar surface area (TPSA) is 92.7 Å². The molecule has 2 aliphatic rings. The summed E-state index contributed by atoms with van der Waals surface area (Å²) in [6.07, 6.45) is 1.31. The lowest BCUT2D eigenvalue weighted by molar-refractivity contribution is -0.163. The van der Waals surface area contributed by atoms with Crippen molar-refractivity contribution in [3.63, 3.8) is 0 Å². The van der Waals surface area contributed by atoms with E-state index >= 15 is 0 Å². The van der Waals surface area contributed by atoms with Gasteiger partial charge in [0.15, 0.2) is 0 Å². The summed E-state index contributed by atoms with van der Waals surface area (Å²) in [4.78, 5) is 16.2. The van der Waals surface area contributed by atoms with Crippen LogP contribution in [0.3, 0.4) is 0 Å². The van der Waals surface area contributed by atoms with E-state index in [9.17, 15) is 15.0 Å². The maximum absolute atomic E-state index is 12.5. The lowest BCUT2D eigenvalue weighted by atomic mass is 9.79. The molecule has 1 atom stereocenters. The van der Waals surface area contributed by atoms with Gasteiger partial charge in [0, 0.05) is 37.1 Å². The van der Waals surface area contributed by atoms with Crippen LogP contribution in [-0.2, 0) is 4.79 Å². The predicted molar refractivity (Wildman–Crippen MR) is 113 cm³/mol. The molecule has 3 aromatic rings. The fraction of sp³-hybridized carbons (Fsp3) is 0.391. The summed E-state index contributed by atoms with van der Waals surface area (Å²) in [7, 11) is 0. The Morgan fingerprint density at radius 2 is 1.73 bits per heavy atom. The van der Waals surface area contributed by atoms with Crippen LogP contribution in [0.4, 0.5) is 0 Å². The molecule has 2 heterocycles. The Bertz CT molecular complexity index is 1050. The predicted octanol–water partition coefficient (Wildman–Crippen LogP) is 2.28. The number of aromatic nitrogens is 2. The highest BCUT2D eigenvalue weighted by Gasteiger charge is 2.45. The van der Waals surface area contributed by atoms with Crippen LogP contribution < -0.4 is 0 Å². The van der Waals surface area contributed by atoms with Crippen molar-refractivity contribution in [3.8, 4) is 11.3 Å². The van der Waals surface area contributed by atoms with Crippen LogP contribution in [0.5, 0.6) is 0 Å². The minimum absolute atomic E-state index is 0.154. The smallest absolute Gasteiger partial charge is 0.254 e. The molecule has 7 heteroatoms. The van der Waals surface area contributed by atoms with Crippen LogP contribution in [0.1, 0.15) is 31.1 Å². The molecule has 30 heavy (non-hydrogen) atoms. The summed E-state index contributed by atoms with van der Waals surface area (Å²) in [5.41, 5.74) is 2.58. The molecule has 1 saturated heterocycles. The monoisotopic (exact) mass is 406 g/mol. The Labute approximate surface area is 174 Å². The number of aromatic amines is 1. The van der Waals surface area contributed by atoms with E-state index in [-0.39, 0.29) is 5.91 Å². The van der Waals surface area contributed by atoms with Crippen molar-refractivity contribution in [1.82, 2.24) is 20.0 Å². The number of rotatable bonds is 4. The lowest BCUT2D eigenvalue weighted by Gasteiger charge is -2.43. The van der Waals surface area contributed by atoms with E-state index in [4.69, 9.17) is 0 Å². The van der Waals surface area contributed by atoms with Crippen molar-refractivity contribution in [2.75, 3.05) is 26.2 Å². The third-order valence-corrected chi connectivity index (χ3v) is 6.49. The van der Waals surface area contributed by atoms with Crippen molar-refractivity contribution >= 4 is 16.8 Å². The Morgan fingerprint density at radius 3 is 2.40 bits per heavy atom. The third-order valence-electron chi connectivity index (χ3n) is 6.49. The van der Waals surface area contributed by atoms with Crippen LogP contribution in [0.2, 0.25) is 0 Å². The third kappa shape index (κ3) is 3.29. The van der Waals surface area contributed by atoms with Crippen LogP contribution in [0.25, 0.3) is 22.2 Å². The average molecular weight is 406 g/mol. The van der Waals surface area contributed by atoms with Gasteiger partial charge in [-0.1, -0.05) is 42.5 Å². The average Bonchev–Trinajstić information content (AvgIpc) is 3.21. The van der Waals surface area contributed by atoms with Crippen molar-refractivity contribution in [3.05, 3.63) is 54.1 Å². The van der Waals surface area contributed by atoms with Crippen LogP contribution >= 0.6 is 0 Å². The molecule has 1 aliphatic carbocycles. The molecule has 156 valence electrons. The van der Waals surface area contributed by atoms with Gasteiger partial charge in [0.2, 0.25) is 0 Å². The molecule has 2 aromatic carbocycles. The second-order valence-electron chi connectivity index (χ2n) is 8.32. The maximum Gasteiger partial charge on any atom is 0.254 e. The van der Waals surface area contributed by atoms with Gasteiger partial charge in [-0.05, 0) is 30.9 Å². The molecule has 1 amide bonds. The molecule has 0 spiro atoms. The minimum atomic E-state index is -1.15. The number of carbonyl (C=O) groups excluding carboxylic acids is 1. The number of nitrogens with zero attached hydrogens (tertiary/aromatic N) is 3. The number of benzene rings is 2. The highest BCUT2D eigenvalue weighted by molar-refractivity contribution is 5.92. The first-order chi connectivity index (χ1) is 14.5. The molecule has 1 unspecified atom stereocenters. The van der Waals surface area contributed by atoms with Gasteiger partial charge in [-0.15, -0.1) is 0 Å². The standard InChI is InChI=1S/C23H26N4O3/c28-21(26-12-14-27(15-13-26)22(29)23(30)10-3-11-23)17-8-6-16(7-9-17)20-18-4-1-2-5-19(18)24-25-20/h1-2,4-9,21,28,30H,3,10-15H2,(H,24,25). The van der Waals surface area contributed by atoms with E-state index < -0.39 is 11.8 Å². The Hall–Kier alpha value is -2.74. The van der Waals surface area contributed by atoms with Gasteiger partial charge in [0.1, 0.15) is 11.8 Å². The quantitative estimate of drug-likeness (QED) is 0.618. The van der Waals surface area contributed by atoms with Crippen molar-refractivity contribution in [2.45, 2.75) is 31.1 Å². The molecule has 5 rings (SSSR count). The molecule has 0 bridgehead atoms. The van der Waals surface area contributed by atoms with Gasteiger partial charge in [-0.2, -0.15) is 5.10 Å². The summed E-state index contributed by atoms with van der Waals surface area (Å²) in [6.45, 7) is 2.21. The number of carbonyl (C=O) groups is 1. The Balaban J connectivity index is 1.25. The van der Waals surface area contributed by atoms with Gasteiger partial charge < -0.3 is 15.1 Å². The summed E-state index contributed by atoms with van der Waals surface area (Å²) in [5, 5.41) is 29.6. The molecular formula is C23H26N4O3. The van der Waals surface area contributed by atoms with Crippen molar-refractivity contribution < 1.29 is 15.0 Å². The number of nitrogens with one attached hydrogen (secondary N) is 1. The van der Waals surface area contributed by atoms with E-state index in [1.807, 2.05) is 53.4 Å². The van der Waals surface area contributed by atoms with E-state index in [0.29, 0.717) is 39.0 Å². The summed E-state index contributed by atoms with van der Waals surface area (Å²) < 4.78 is 0. The van der Waals surface area contributed by atoms with E-state index in [2.05, 4.69) is 10.2 Å². The second kappa shape index (κ2) is 7.50. The first-order valence-corrected chi connectivity index (χ1v) is 10.5. The zero-order chi connectivity index (χ0) is 20.7. The number of amides is 1. The highest BCUT2D eigenvalue weighted by atomic mass is 16.3. The van der Waals surface area contributed by atoms with Gasteiger partial charge in [0.05, 0.1) is 11.2 Å². The minimum Gasteiger partial charge on any atom is -0.380 e.